The molecule has 0 unspecified atom stereocenters. The smallest absolute Gasteiger partial charge is 0.227 e. The van der Waals surface area contributed by atoms with Gasteiger partial charge in [0.2, 0.25) is 5.71 Å². The summed E-state index contributed by atoms with van der Waals surface area (Å²) in [6, 6.07) is 26.9. The largest absolute Gasteiger partial charge is 0.438 e. The molecule has 2 heteroatoms. The van der Waals surface area contributed by atoms with Crippen LogP contribution in [0.4, 0.5) is 0 Å². The number of hydrogen-bond acceptors (Lipinski definition) is 2. The lowest BCUT2D eigenvalue weighted by Crippen LogP contribution is -1.82. The van der Waals surface area contributed by atoms with Crippen LogP contribution in [0.25, 0.3) is 44.1 Å². The van der Waals surface area contributed by atoms with Crippen molar-refractivity contribution >= 4 is 32.8 Å². The van der Waals surface area contributed by atoms with E-state index in [2.05, 4.69) is 54.6 Å². The van der Waals surface area contributed by atoms with E-state index in [1.165, 1.54) is 10.8 Å². The number of furan rings is 1. The number of pyridine rings is 1. The van der Waals surface area contributed by atoms with E-state index in [1.807, 2.05) is 24.3 Å². The van der Waals surface area contributed by atoms with E-state index in [0.29, 0.717) is 5.71 Å². The molecule has 0 amide bonds. The fourth-order valence-corrected chi connectivity index (χ4v) is 3.11. The maximum atomic E-state index is 6.01. The van der Waals surface area contributed by atoms with Gasteiger partial charge in [-0.25, -0.2) is 4.98 Å². The molecule has 3 aromatic carbocycles. The van der Waals surface area contributed by atoms with Gasteiger partial charge in [0.1, 0.15) is 5.58 Å². The van der Waals surface area contributed by atoms with E-state index >= 15 is 0 Å². The van der Waals surface area contributed by atoms with Crippen molar-refractivity contribution in [2.45, 2.75) is 0 Å². The molecule has 0 aliphatic carbocycles. The molecule has 0 fully saturated rings. The highest BCUT2D eigenvalue weighted by molar-refractivity contribution is 6.09. The first-order valence-corrected chi connectivity index (χ1v) is 7.66. The summed E-state index contributed by atoms with van der Waals surface area (Å²) >= 11 is 0. The highest BCUT2D eigenvalue weighted by Crippen LogP contribution is 2.32. The van der Waals surface area contributed by atoms with E-state index in [1.54, 1.807) is 0 Å². The van der Waals surface area contributed by atoms with Crippen molar-refractivity contribution in [1.29, 1.82) is 0 Å². The first-order valence-electron chi connectivity index (χ1n) is 7.66. The molecular weight excluding hydrogens is 282 g/mol. The number of fused-ring (bicyclic) bond motifs is 4. The Labute approximate surface area is 133 Å². The van der Waals surface area contributed by atoms with E-state index in [4.69, 9.17) is 9.40 Å². The van der Waals surface area contributed by atoms with Crippen LogP contribution in [0.1, 0.15) is 0 Å². The van der Waals surface area contributed by atoms with Gasteiger partial charge in [-0.05, 0) is 35.0 Å². The molecule has 0 N–H and O–H groups in total. The van der Waals surface area contributed by atoms with E-state index in [9.17, 15) is 0 Å². The van der Waals surface area contributed by atoms with Crippen molar-refractivity contribution < 1.29 is 4.42 Å². The molecule has 0 saturated heterocycles. The van der Waals surface area contributed by atoms with Gasteiger partial charge in [-0.15, -0.1) is 0 Å². The predicted molar refractivity (Wildman–Crippen MR) is 94.5 cm³/mol. The van der Waals surface area contributed by atoms with Gasteiger partial charge < -0.3 is 4.42 Å². The van der Waals surface area contributed by atoms with Gasteiger partial charge >= 0.3 is 0 Å². The number of nitrogens with zero attached hydrogens (tertiary/aromatic N) is 1. The zero-order valence-corrected chi connectivity index (χ0v) is 12.4. The van der Waals surface area contributed by atoms with Crippen LogP contribution in [0, 0.1) is 0 Å². The quantitative estimate of drug-likeness (QED) is 0.390. The van der Waals surface area contributed by atoms with Gasteiger partial charge in [-0.3, -0.25) is 0 Å². The third-order valence-corrected chi connectivity index (χ3v) is 4.27. The Morgan fingerprint density at radius 3 is 2.22 bits per heavy atom. The van der Waals surface area contributed by atoms with Gasteiger partial charge in [0.15, 0.2) is 0 Å². The third-order valence-electron chi connectivity index (χ3n) is 4.27. The van der Waals surface area contributed by atoms with Crippen LogP contribution in [0.3, 0.4) is 0 Å². The zero-order chi connectivity index (χ0) is 15.2. The molecule has 108 valence electrons. The average molecular weight is 295 g/mol. The number of hydrogen-bond donors (Lipinski definition) is 0. The van der Waals surface area contributed by atoms with Crippen LogP contribution in [0.2, 0.25) is 0 Å². The summed E-state index contributed by atoms with van der Waals surface area (Å²) in [6.07, 6.45) is 0. The summed E-state index contributed by atoms with van der Waals surface area (Å²) in [5.74, 6) is 0. The monoisotopic (exact) mass is 295 g/mol. The fourth-order valence-electron chi connectivity index (χ4n) is 3.11. The van der Waals surface area contributed by atoms with Crippen molar-refractivity contribution in [2.75, 3.05) is 0 Å². The predicted octanol–water partition coefficient (Wildman–Crippen LogP) is 5.80. The molecule has 2 aromatic heterocycles. The van der Waals surface area contributed by atoms with Crippen molar-refractivity contribution in [3.63, 3.8) is 0 Å². The molecule has 0 bridgehead atoms. The lowest BCUT2D eigenvalue weighted by Gasteiger charge is -1.99. The molecule has 0 radical (unpaired) electrons. The van der Waals surface area contributed by atoms with Crippen LogP contribution >= 0.6 is 0 Å². The minimum absolute atomic E-state index is 0.691. The van der Waals surface area contributed by atoms with Crippen molar-refractivity contribution in [1.82, 2.24) is 4.98 Å². The second-order valence-corrected chi connectivity index (χ2v) is 5.71. The number of aromatic nitrogens is 1. The fraction of sp³-hybridized carbons (Fsp3) is 0. The molecule has 0 aliphatic rings. The standard InChI is InChI=1S/C21H13NO/c1-2-6-14(7-3-1)19-11-10-17-18-12-15-8-4-5-9-16(15)13-20(18)23-21(17)22-19/h1-13H. The van der Waals surface area contributed by atoms with Crippen molar-refractivity contribution in [3.8, 4) is 11.3 Å². The molecule has 23 heavy (non-hydrogen) atoms. The average Bonchev–Trinajstić information content (AvgIpc) is 2.97. The van der Waals surface area contributed by atoms with Crippen LogP contribution < -0.4 is 0 Å². The van der Waals surface area contributed by atoms with E-state index in [-0.39, 0.29) is 0 Å². The minimum atomic E-state index is 0.691. The second-order valence-electron chi connectivity index (χ2n) is 5.71. The van der Waals surface area contributed by atoms with Gasteiger partial charge in [0, 0.05) is 16.3 Å². The Kier molecular flexibility index (Phi) is 2.53. The van der Waals surface area contributed by atoms with Crippen LogP contribution in [0.5, 0.6) is 0 Å². The number of benzene rings is 3. The summed E-state index contributed by atoms with van der Waals surface area (Å²) < 4.78 is 6.01. The number of rotatable bonds is 1. The van der Waals surface area contributed by atoms with Gasteiger partial charge in [0.25, 0.3) is 0 Å². The summed E-state index contributed by atoms with van der Waals surface area (Å²) in [7, 11) is 0. The van der Waals surface area contributed by atoms with E-state index in [0.717, 1.165) is 27.6 Å². The van der Waals surface area contributed by atoms with Gasteiger partial charge in [-0.1, -0.05) is 54.6 Å². The molecule has 5 rings (SSSR count). The molecule has 0 atom stereocenters. The minimum Gasteiger partial charge on any atom is -0.438 e. The van der Waals surface area contributed by atoms with Crippen LogP contribution in [0.15, 0.2) is 83.3 Å². The van der Waals surface area contributed by atoms with E-state index < -0.39 is 0 Å². The van der Waals surface area contributed by atoms with Crippen molar-refractivity contribution in [2.24, 2.45) is 0 Å². The summed E-state index contributed by atoms with van der Waals surface area (Å²) in [6.45, 7) is 0. The SMILES string of the molecule is c1ccc(-c2ccc3c(n2)oc2cc4ccccc4cc23)cc1. The third kappa shape index (κ3) is 1.92. The van der Waals surface area contributed by atoms with Crippen molar-refractivity contribution in [3.05, 3.63) is 78.9 Å². The lowest BCUT2D eigenvalue weighted by molar-refractivity contribution is 0.655. The van der Waals surface area contributed by atoms with Gasteiger partial charge in [0.05, 0.1) is 5.69 Å². The highest BCUT2D eigenvalue weighted by Gasteiger charge is 2.10. The Morgan fingerprint density at radius 2 is 1.39 bits per heavy atom. The molecule has 2 heterocycles. The first-order chi connectivity index (χ1) is 11.4. The normalized spacial score (nSPS) is 11.5. The summed E-state index contributed by atoms with van der Waals surface area (Å²) in [5, 5.41) is 4.58. The second kappa shape index (κ2) is 4.68. The van der Waals surface area contributed by atoms with Crippen LogP contribution in [-0.2, 0) is 0 Å². The topological polar surface area (TPSA) is 26.0 Å². The zero-order valence-electron chi connectivity index (χ0n) is 12.4. The molecule has 5 aromatic rings. The first kappa shape index (κ1) is 12.4. The summed E-state index contributed by atoms with van der Waals surface area (Å²) in [4.78, 5) is 4.71. The van der Waals surface area contributed by atoms with Crippen LogP contribution in [-0.4, -0.2) is 4.98 Å². The highest BCUT2D eigenvalue weighted by atomic mass is 16.3. The Bertz CT molecular complexity index is 1160. The molecule has 2 nitrogen and oxygen atoms in total. The summed E-state index contributed by atoms with van der Waals surface area (Å²) in [5.41, 5.74) is 3.61. The Hall–Kier alpha value is -3.13. The molecule has 0 aliphatic heterocycles. The Balaban J connectivity index is 1.80. The molecular formula is C21H13NO. The lowest BCUT2D eigenvalue weighted by atomic mass is 10.1. The Morgan fingerprint density at radius 1 is 0.652 bits per heavy atom. The maximum Gasteiger partial charge on any atom is 0.227 e. The molecule has 0 spiro atoms. The molecule has 0 saturated carbocycles. The van der Waals surface area contributed by atoms with Gasteiger partial charge in [-0.2, -0.15) is 0 Å². The maximum absolute atomic E-state index is 6.01.